The van der Waals surface area contributed by atoms with E-state index in [4.69, 9.17) is 11.5 Å². The first-order valence-corrected chi connectivity index (χ1v) is 4.78. The van der Waals surface area contributed by atoms with Gasteiger partial charge in [0.25, 0.3) is 0 Å². The van der Waals surface area contributed by atoms with Gasteiger partial charge < -0.3 is 16.0 Å². The molecule has 0 bridgehead atoms. The summed E-state index contributed by atoms with van der Waals surface area (Å²) in [6.45, 7) is 2.77. The second-order valence-corrected chi connectivity index (χ2v) is 3.63. The number of anilines is 2. The molecular weight excluding hydrogens is 188 g/mol. The summed E-state index contributed by atoms with van der Waals surface area (Å²) in [6, 6.07) is 8.30. The number of nitrogens with two attached hydrogens (primary N) is 2. The minimum absolute atomic E-state index is 0.391. The van der Waals surface area contributed by atoms with Crippen LogP contribution in [-0.4, -0.2) is 9.55 Å². The van der Waals surface area contributed by atoms with Gasteiger partial charge in [-0.25, -0.2) is 4.98 Å². The average Bonchev–Trinajstić information content (AvgIpc) is 2.53. The molecule has 1 heterocycles. The van der Waals surface area contributed by atoms with Crippen molar-refractivity contribution in [3.8, 4) is 0 Å². The van der Waals surface area contributed by atoms with Crippen molar-refractivity contribution >= 4 is 11.6 Å². The molecule has 1 aromatic heterocycles. The molecule has 0 fully saturated rings. The summed E-state index contributed by atoms with van der Waals surface area (Å²) < 4.78 is 1.83. The summed E-state index contributed by atoms with van der Waals surface area (Å²) in [4.78, 5) is 3.95. The van der Waals surface area contributed by atoms with Gasteiger partial charge in [0.2, 0.25) is 0 Å². The Labute approximate surface area is 88.5 Å². The highest BCUT2D eigenvalue weighted by Gasteiger charge is 2.03. The quantitative estimate of drug-likeness (QED) is 0.773. The van der Waals surface area contributed by atoms with Crippen molar-refractivity contribution in [3.05, 3.63) is 41.7 Å². The number of rotatable bonds is 2. The third-order valence-corrected chi connectivity index (χ3v) is 2.38. The predicted molar refractivity (Wildman–Crippen MR) is 61.3 cm³/mol. The van der Waals surface area contributed by atoms with Crippen LogP contribution in [0.25, 0.3) is 0 Å². The Morgan fingerprint density at radius 3 is 2.40 bits per heavy atom. The number of nitrogens with zero attached hydrogens (tertiary/aromatic N) is 2. The molecule has 78 valence electrons. The van der Waals surface area contributed by atoms with Crippen LogP contribution in [0.15, 0.2) is 30.6 Å². The summed E-state index contributed by atoms with van der Waals surface area (Å²) in [5.41, 5.74) is 13.7. The van der Waals surface area contributed by atoms with E-state index in [2.05, 4.69) is 36.2 Å². The second-order valence-electron chi connectivity index (χ2n) is 3.63. The molecule has 4 N–H and O–H groups in total. The molecule has 1 aromatic carbocycles. The van der Waals surface area contributed by atoms with E-state index in [9.17, 15) is 0 Å². The van der Waals surface area contributed by atoms with Gasteiger partial charge in [0.1, 0.15) is 5.82 Å². The van der Waals surface area contributed by atoms with Gasteiger partial charge >= 0.3 is 0 Å². The van der Waals surface area contributed by atoms with Crippen molar-refractivity contribution in [1.29, 1.82) is 0 Å². The van der Waals surface area contributed by atoms with Gasteiger partial charge in [0.15, 0.2) is 5.82 Å². The monoisotopic (exact) mass is 202 g/mol. The summed E-state index contributed by atoms with van der Waals surface area (Å²) >= 11 is 0. The Hall–Kier alpha value is -1.97. The van der Waals surface area contributed by atoms with Gasteiger partial charge in [-0.05, 0) is 12.5 Å². The van der Waals surface area contributed by atoms with Crippen molar-refractivity contribution in [2.45, 2.75) is 13.5 Å². The van der Waals surface area contributed by atoms with Crippen LogP contribution in [0.5, 0.6) is 0 Å². The minimum Gasteiger partial charge on any atom is -0.382 e. The standard InChI is InChI=1S/C11H14N4/c1-8-2-4-9(5-3-8)6-15-7-14-10(12)11(15)13/h2-5,7H,6,12-13H2,1H3. The fourth-order valence-corrected chi connectivity index (χ4v) is 1.42. The molecule has 0 atom stereocenters. The van der Waals surface area contributed by atoms with Crippen LogP contribution < -0.4 is 11.5 Å². The molecule has 4 heteroatoms. The van der Waals surface area contributed by atoms with Crippen molar-refractivity contribution in [3.63, 3.8) is 0 Å². The van der Waals surface area contributed by atoms with E-state index in [0.29, 0.717) is 18.2 Å². The van der Waals surface area contributed by atoms with E-state index < -0.39 is 0 Å². The zero-order valence-corrected chi connectivity index (χ0v) is 8.64. The topological polar surface area (TPSA) is 69.9 Å². The molecule has 0 aliphatic rings. The molecule has 0 amide bonds. The minimum atomic E-state index is 0.391. The molecule has 4 nitrogen and oxygen atoms in total. The first kappa shape index (κ1) is 9.58. The Kier molecular flexibility index (Phi) is 2.33. The van der Waals surface area contributed by atoms with Gasteiger partial charge in [0, 0.05) is 0 Å². The summed E-state index contributed by atoms with van der Waals surface area (Å²) in [6.07, 6.45) is 1.66. The lowest BCUT2D eigenvalue weighted by molar-refractivity contribution is 0.807. The molecule has 0 aliphatic carbocycles. The Bertz CT molecular complexity index is 456. The lowest BCUT2D eigenvalue weighted by atomic mass is 10.1. The van der Waals surface area contributed by atoms with Crippen molar-refractivity contribution < 1.29 is 0 Å². The highest BCUT2D eigenvalue weighted by atomic mass is 15.1. The molecule has 15 heavy (non-hydrogen) atoms. The molecule has 2 rings (SSSR count). The fourth-order valence-electron chi connectivity index (χ4n) is 1.42. The normalized spacial score (nSPS) is 10.5. The molecular formula is C11H14N4. The number of aryl methyl sites for hydroxylation is 1. The van der Waals surface area contributed by atoms with Crippen molar-refractivity contribution in [2.24, 2.45) is 0 Å². The molecule has 0 saturated heterocycles. The average molecular weight is 202 g/mol. The Morgan fingerprint density at radius 2 is 1.87 bits per heavy atom. The van der Waals surface area contributed by atoms with Gasteiger partial charge in [-0.1, -0.05) is 29.8 Å². The zero-order valence-electron chi connectivity index (χ0n) is 8.64. The van der Waals surface area contributed by atoms with E-state index in [1.165, 1.54) is 11.1 Å². The smallest absolute Gasteiger partial charge is 0.166 e. The first-order valence-electron chi connectivity index (χ1n) is 4.78. The summed E-state index contributed by atoms with van der Waals surface area (Å²) in [7, 11) is 0. The van der Waals surface area contributed by atoms with E-state index in [1.54, 1.807) is 6.33 Å². The molecule has 0 aliphatic heterocycles. The van der Waals surface area contributed by atoms with E-state index in [0.717, 1.165) is 0 Å². The summed E-state index contributed by atoms with van der Waals surface area (Å²) in [5, 5.41) is 0. The van der Waals surface area contributed by atoms with E-state index in [1.807, 2.05) is 4.57 Å². The number of aromatic nitrogens is 2. The maximum Gasteiger partial charge on any atom is 0.166 e. The van der Waals surface area contributed by atoms with Gasteiger partial charge in [-0.15, -0.1) is 0 Å². The van der Waals surface area contributed by atoms with E-state index >= 15 is 0 Å². The van der Waals surface area contributed by atoms with Crippen LogP contribution >= 0.6 is 0 Å². The van der Waals surface area contributed by atoms with Gasteiger partial charge in [0.05, 0.1) is 12.9 Å². The second kappa shape index (κ2) is 3.65. The highest BCUT2D eigenvalue weighted by molar-refractivity contribution is 5.53. The van der Waals surface area contributed by atoms with Crippen LogP contribution in [0.3, 0.4) is 0 Å². The number of imidazole rings is 1. The number of benzene rings is 1. The maximum absolute atomic E-state index is 5.76. The summed E-state index contributed by atoms with van der Waals surface area (Å²) in [5.74, 6) is 0.915. The Morgan fingerprint density at radius 1 is 1.20 bits per heavy atom. The lowest BCUT2D eigenvalue weighted by Gasteiger charge is -2.05. The largest absolute Gasteiger partial charge is 0.382 e. The number of nitrogen functional groups attached to an aromatic ring is 2. The van der Waals surface area contributed by atoms with E-state index in [-0.39, 0.29) is 0 Å². The molecule has 0 radical (unpaired) electrons. The Balaban J connectivity index is 2.22. The third-order valence-electron chi connectivity index (χ3n) is 2.38. The van der Waals surface area contributed by atoms with Crippen LogP contribution in [0.4, 0.5) is 11.6 Å². The molecule has 2 aromatic rings. The van der Waals surface area contributed by atoms with Gasteiger partial charge in [-0.2, -0.15) is 0 Å². The van der Waals surface area contributed by atoms with Crippen molar-refractivity contribution in [2.75, 3.05) is 11.5 Å². The zero-order chi connectivity index (χ0) is 10.8. The van der Waals surface area contributed by atoms with Crippen LogP contribution in [0, 0.1) is 6.92 Å². The highest BCUT2D eigenvalue weighted by Crippen LogP contribution is 2.14. The first-order chi connectivity index (χ1) is 7.16. The van der Waals surface area contributed by atoms with Crippen LogP contribution in [-0.2, 0) is 6.54 Å². The van der Waals surface area contributed by atoms with Crippen LogP contribution in [0.1, 0.15) is 11.1 Å². The maximum atomic E-state index is 5.76. The third kappa shape index (κ3) is 1.93. The SMILES string of the molecule is Cc1ccc(Cn2cnc(N)c2N)cc1. The van der Waals surface area contributed by atoms with Gasteiger partial charge in [-0.3, -0.25) is 0 Å². The number of hydrogen-bond acceptors (Lipinski definition) is 3. The molecule has 0 spiro atoms. The number of hydrogen-bond donors (Lipinski definition) is 2. The predicted octanol–water partition coefficient (Wildman–Crippen LogP) is 1.40. The molecule has 0 unspecified atom stereocenters. The fraction of sp³-hybridized carbons (Fsp3) is 0.182. The van der Waals surface area contributed by atoms with Crippen molar-refractivity contribution in [1.82, 2.24) is 9.55 Å². The molecule has 0 saturated carbocycles. The lowest BCUT2D eigenvalue weighted by Crippen LogP contribution is -2.04. The van der Waals surface area contributed by atoms with Crippen LogP contribution in [0.2, 0.25) is 0 Å².